The third-order valence-corrected chi connectivity index (χ3v) is 4.42. The number of rotatable bonds is 6. The van der Waals surface area contributed by atoms with Gasteiger partial charge in [0.25, 0.3) is 0 Å². The number of likely N-dealkylation sites (tertiary alicyclic amines) is 1. The number of aliphatic hydroxyl groups excluding tert-OH is 1. The SMILES string of the molecule is CCCCNC(=NCc1cccc(N(C)C)c1)N1CCC(O)CC1. The summed E-state index contributed by atoms with van der Waals surface area (Å²) < 4.78 is 0. The van der Waals surface area contributed by atoms with Crippen molar-refractivity contribution in [3.8, 4) is 0 Å². The van der Waals surface area contributed by atoms with E-state index in [1.807, 2.05) is 0 Å². The fourth-order valence-electron chi connectivity index (χ4n) is 2.82. The molecule has 24 heavy (non-hydrogen) atoms. The first-order chi connectivity index (χ1) is 11.6. The van der Waals surface area contributed by atoms with Crippen LogP contribution < -0.4 is 10.2 Å². The molecule has 134 valence electrons. The molecule has 2 rings (SSSR count). The zero-order chi connectivity index (χ0) is 17.4. The monoisotopic (exact) mass is 332 g/mol. The maximum Gasteiger partial charge on any atom is 0.194 e. The van der Waals surface area contributed by atoms with E-state index in [0.29, 0.717) is 6.54 Å². The molecule has 0 bridgehead atoms. The predicted molar refractivity (Wildman–Crippen MR) is 102 cm³/mol. The molecule has 0 atom stereocenters. The van der Waals surface area contributed by atoms with E-state index in [4.69, 9.17) is 4.99 Å². The summed E-state index contributed by atoms with van der Waals surface area (Å²) in [5.41, 5.74) is 2.41. The summed E-state index contributed by atoms with van der Waals surface area (Å²) in [5.74, 6) is 0.977. The summed E-state index contributed by atoms with van der Waals surface area (Å²) in [6, 6.07) is 8.51. The zero-order valence-electron chi connectivity index (χ0n) is 15.3. The van der Waals surface area contributed by atoms with Gasteiger partial charge in [0.1, 0.15) is 0 Å². The van der Waals surface area contributed by atoms with Crippen molar-refractivity contribution in [1.82, 2.24) is 10.2 Å². The maximum absolute atomic E-state index is 9.72. The second-order valence-corrected chi connectivity index (χ2v) is 6.70. The van der Waals surface area contributed by atoms with Crippen LogP contribution >= 0.6 is 0 Å². The molecule has 1 heterocycles. The van der Waals surface area contributed by atoms with Crippen LogP contribution in [0, 0.1) is 0 Å². The Morgan fingerprint density at radius 2 is 2.08 bits per heavy atom. The number of nitrogens with one attached hydrogen (secondary N) is 1. The van der Waals surface area contributed by atoms with Crippen LogP contribution in [0.25, 0.3) is 0 Å². The quantitative estimate of drug-likeness (QED) is 0.477. The number of guanidine groups is 1. The van der Waals surface area contributed by atoms with Crippen molar-refractivity contribution in [2.24, 2.45) is 4.99 Å². The van der Waals surface area contributed by atoms with Crippen LogP contribution in [0.5, 0.6) is 0 Å². The van der Waals surface area contributed by atoms with Gasteiger partial charge in [-0.3, -0.25) is 0 Å². The number of hydrogen-bond acceptors (Lipinski definition) is 3. The fourth-order valence-corrected chi connectivity index (χ4v) is 2.82. The Hall–Kier alpha value is -1.75. The molecule has 0 amide bonds. The fraction of sp³-hybridized carbons (Fsp3) is 0.632. The second kappa shape index (κ2) is 9.52. The summed E-state index contributed by atoms with van der Waals surface area (Å²) in [4.78, 5) is 9.23. The van der Waals surface area contributed by atoms with Crippen LogP contribution in [0.1, 0.15) is 38.2 Å². The highest BCUT2D eigenvalue weighted by molar-refractivity contribution is 5.80. The Morgan fingerprint density at radius 3 is 2.75 bits per heavy atom. The molecular formula is C19H32N4O. The van der Waals surface area contributed by atoms with Crippen LogP contribution in [-0.4, -0.2) is 55.8 Å². The van der Waals surface area contributed by atoms with E-state index in [-0.39, 0.29) is 6.10 Å². The van der Waals surface area contributed by atoms with Gasteiger partial charge >= 0.3 is 0 Å². The molecule has 0 spiro atoms. The highest BCUT2D eigenvalue weighted by Crippen LogP contribution is 2.15. The molecule has 1 saturated heterocycles. The van der Waals surface area contributed by atoms with Crippen molar-refractivity contribution >= 4 is 11.6 Å². The summed E-state index contributed by atoms with van der Waals surface area (Å²) in [7, 11) is 4.11. The molecule has 0 saturated carbocycles. The molecule has 0 aromatic heterocycles. The lowest BCUT2D eigenvalue weighted by Gasteiger charge is -2.32. The van der Waals surface area contributed by atoms with Gasteiger partial charge in [-0.25, -0.2) is 4.99 Å². The van der Waals surface area contributed by atoms with Crippen molar-refractivity contribution in [1.29, 1.82) is 0 Å². The maximum atomic E-state index is 9.72. The standard InChI is InChI=1S/C19H32N4O/c1-4-5-11-20-19(23-12-9-18(24)10-13-23)21-15-16-7-6-8-17(14-16)22(2)3/h6-8,14,18,24H,4-5,9-13,15H2,1-3H3,(H,20,21). The van der Waals surface area contributed by atoms with Crippen molar-refractivity contribution < 1.29 is 5.11 Å². The van der Waals surface area contributed by atoms with Crippen LogP contribution in [0.15, 0.2) is 29.3 Å². The van der Waals surface area contributed by atoms with Crippen molar-refractivity contribution in [3.63, 3.8) is 0 Å². The number of unbranched alkanes of at least 4 members (excludes halogenated alkanes) is 1. The summed E-state index contributed by atoms with van der Waals surface area (Å²) >= 11 is 0. The van der Waals surface area contributed by atoms with E-state index < -0.39 is 0 Å². The first-order valence-corrected chi connectivity index (χ1v) is 9.07. The minimum atomic E-state index is -0.157. The number of benzene rings is 1. The van der Waals surface area contributed by atoms with Gasteiger partial charge in [0.15, 0.2) is 5.96 Å². The molecule has 0 aliphatic carbocycles. The normalized spacial score (nSPS) is 16.3. The van der Waals surface area contributed by atoms with Gasteiger partial charge in [0, 0.05) is 39.4 Å². The lowest BCUT2D eigenvalue weighted by molar-refractivity contribution is 0.108. The third kappa shape index (κ3) is 5.71. The summed E-state index contributed by atoms with van der Waals surface area (Å²) in [6.07, 6.45) is 3.81. The minimum Gasteiger partial charge on any atom is -0.393 e. The number of nitrogens with zero attached hydrogens (tertiary/aromatic N) is 3. The van der Waals surface area contributed by atoms with E-state index in [1.54, 1.807) is 0 Å². The van der Waals surface area contributed by atoms with Crippen LogP contribution in [0.2, 0.25) is 0 Å². The number of hydrogen-bond donors (Lipinski definition) is 2. The Labute approximate surface area is 146 Å². The van der Waals surface area contributed by atoms with E-state index in [1.165, 1.54) is 17.7 Å². The molecule has 1 aromatic rings. The lowest BCUT2D eigenvalue weighted by Crippen LogP contribution is -2.46. The Morgan fingerprint density at radius 1 is 1.33 bits per heavy atom. The van der Waals surface area contributed by atoms with E-state index >= 15 is 0 Å². The molecule has 5 heteroatoms. The minimum absolute atomic E-state index is 0.157. The van der Waals surface area contributed by atoms with Crippen molar-refractivity contribution in [3.05, 3.63) is 29.8 Å². The predicted octanol–water partition coefficient (Wildman–Crippen LogP) is 2.46. The number of anilines is 1. The molecule has 2 N–H and O–H groups in total. The van der Waals surface area contributed by atoms with E-state index in [2.05, 4.69) is 60.4 Å². The molecule has 0 radical (unpaired) electrons. The zero-order valence-corrected chi connectivity index (χ0v) is 15.3. The first-order valence-electron chi connectivity index (χ1n) is 9.07. The molecule has 5 nitrogen and oxygen atoms in total. The third-order valence-electron chi connectivity index (χ3n) is 4.42. The largest absolute Gasteiger partial charge is 0.393 e. The molecule has 1 fully saturated rings. The van der Waals surface area contributed by atoms with E-state index in [9.17, 15) is 5.11 Å². The van der Waals surface area contributed by atoms with Gasteiger partial charge in [0.2, 0.25) is 0 Å². The van der Waals surface area contributed by atoms with Gasteiger partial charge in [-0.1, -0.05) is 25.5 Å². The average Bonchev–Trinajstić information content (AvgIpc) is 2.59. The van der Waals surface area contributed by atoms with Gasteiger partial charge < -0.3 is 20.2 Å². The summed E-state index contributed by atoms with van der Waals surface area (Å²) in [6.45, 7) is 5.57. The van der Waals surface area contributed by atoms with Gasteiger partial charge in [-0.05, 0) is 37.0 Å². The van der Waals surface area contributed by atoms with Crippen LogP contribution in [0.4, 0.5) is 5.69 Å². The molecule has 1 aromatic carbocycles. The smallest absolute Gasteiger partial charge is 0.194 e. The Kier molecular flexibility index (Phi) is 7.37. The van der Waals surface area contributed by atoms with Crippen molar-refractivity contribution in [2.45, 2.75) is 45.3 Å². The topological polar surface area (TPSA) is 51.1 Å². The van der Waals surface area contributed by atoms with Crippen LogP contribution in [0.3, 0.4) is 0 Å². The molecule has 1 aliphatic heterocycles. The highest BCUT2D eigenvalue weighted by Gasteiger charge is 2.19. The molecular weight excluding hydrogens is 300 g/mol. The summed E-state index contributed by atoms with van der Waals surface area (Å²) in [5, 5.41) is 13.2. The van der Waals surface area contributed by atoms with Gasteiger partial charge in [-0.15, -0.1) is 0 Å². The lowest BCUT2D eigenvalue weighted by atomic mass is 10.1. The Balaban J connectivity index is 2.04. The average molecular weight is 332 g/mol. The molecule has 0 unspecified atom stereocenters. The van der Waals surface area contributed by atoms with Gasteiger partial charge in [-0.2, -0.15) is 0 Å². The number of aliphatic imine (C=N–C) groups is 1. The Bertz CT molecular complexity index is 522. The number of piperidine rings is 1. The first kappa shape index (κ1) is 18.6. The molecule has 1 aliphatic rings. The highest BCUT2D eigenvalue weighted by atomic mass is 16.3. The van der Waals surface area contributed by atoms with Gasteiger partial charge in [0.05, 0.1) is 12.6 Å². The number of aliphatic hydroxyl groups is 1. The van der Waals surface area contributed by atoms with Crippen LogP contribution in [-0.2, 0) is 6.54 Å². The second-order valence-electron chi connectivity index (χ2n) is 6.70. The van der Waals surface area contributed by atoms with E-state index in [0.717, 1.165) is 44.9 Å². The van der Waals surface area contributed by atoms with Crippen molar-refractivity contribution in [2.75, 3.05) is 38.6 Å².